The van der Waals surface area contributed by atoms with Crippen molar-refractivity contribution in [2.75, 3.05) is 0 Å². The van der Waals surface area contributed by atoms with Crippen molar-refractivity contribution < 1.29 is 5.11 Å². The van der Waals surface area contributed by atoms with Crippen LogP contribution in [0, 0.1) is 11.3 Å². The molecule has 0 aromatic rings. The minimum Gasteiger partial charge on any atom is -0.392 e. The first-order valence-corrected chi connectivity index (χ1v) is 9.44. The molecule has 20 heavy (non-hydrogen) atoms. The normalized spacial score (nSPS) is 34.0. The molecule has 118 valence electrons. The van der Waals surface area contributed by atoms with Gasteiger partial charge in [0.2, 0.25) is 0 Å². The molecule has 2 rings (SSSR count). The second-order valence-corrected chi connectivity index (χ2v) is 7.89. The third-order valence-electron chi connectivity index (χ3n) is 5.98. The minimum atomic E-state index is -0.259. The summed E-state index contributed by atoms with van der Waals surface area (Å²) in [5.41, 5.74) is 0.546. The van der Waals surface area contributed by atoms with Crippen molar-refractivity contribution in [1.29, 1.82) is 0 Å². The Bertz CT molecular complexity index is 273. The molecule has 0 bridgehead atoms. The van der Waals surface area contributed by atoms with Crippen molar-refractivity contribution in [2.24, 2.45) is 11.3 Å². The van der Waals surface area contributed by atoms with E-state index in [0.29, 0.717) is 5.41 Å². The minimum absolute atomic E-state index is 0.00646. The highest BCUT2D eigenvalue weighted by molar-refractivity contribution is 6.21. The molecule has 2 aliphatic carbocycles. The zero-order chi connectivity index (χ0) is 14.4. The smallest absolute Gasteiger partial charge is 0.0706 e. The molecule has 3 atom stereocenters. The summed E-state index contributed by atoms with van der Waals surface area (Å²) in [6, 6.07) is 0. The number of alkyl halides is 1. The van der Waals surface area contributed by atoms with Crippen molar-refractivity contribution in [3.63, 3.8) is 0 Å². The van der Waals surface area contributed by atoms with E-state index in [1.165, 1.54) is 70.6 Å². The van der Waals surface area contributed by atoms with Crippen LogP contribution in [0.15, 0.2) is 0 Å². The molecule has 2 saturated carbocycles. The van der Waals surface area contributed by atoms with Crippen LogP contribution in [-0.2, 0) is 0 Å². The lowest BCUT2D eigenvalue weighted by atomic mass is 9.59. The van der Waals surface area contributed by atoms with Crippen molar-refractivity contribution in [3.05, 3.63) is 0 Å². The Hall–Kier alpha value is 0.250. The summed E-state index contributed by atoms with van der Waals surface area (Å²) in [7, 11) is 0. The topological polar surface area (TPSA) is 20.2 Å². The Morgan fingerprint density at radius 2 is 1.80 bits per heavy atom. The van der Waals surface area contributed by atoms with Gasteiger partial charge in [-0.15, -0.1) is 11.6 Å². The molecule has 0 radical (unpaired) electrons. The van der Waals surface area contributed by atoms with Crippen LogP contribution >= 0.6 is 11.6 Å². The van der Waals surface area contributed by atoms with Crippen molar-refractivity contribution in [1.82, 2.24) is 0 Å². The standard InChI is InChI=1S/C18H33ClO/c1-2-3-4-6-11-18(12-7-5-8-13-18)15-9-10-16(19)17(20)14-15/h15-17,20H,2-14H2,1H3. The van der Waals surface area contributed by atoms with Crippen LogP contribution in [0.25, 0.3) is 0 Å². The van der Waals surface area contributed by atoms with E-state index in [1.54, 1.807) is 0 Å². The number of aliphatic hydroxyl groups excluding tert-OH is 1. The highest BCUT2D eigenvalue weighted by Gasteiger charge is 2.42. The Labute approximate surface area is 130 Å². The molecule has 3 unspecified atom stereocenters. The van der Waals surface area contributed by atoms with Gasteiger partial charge in [0.25, 0.3) is 0 Å². The maximum absolute atomic E-state index is 10.2. The molecule has 2 aliphatic rings. The average Bonchev–Trinajstić information content (AvgIpc) is 2.47. The molecule has 1 nitrogen and oxygen atoms in total. The number of halogens is 1. The third kappa shape index (κ3) is 4.13. The monoisotopic (exact) mass is 300 g/mol. The quantitative estimate of drug-likeness (QED) is 0.494. The van der Waals surface area contributed by atoms with E-state index >= 15 is 0 Å². The molecule has 2 fully saturated rings. The van der Waals surface area contributed by atoms with Crippen molar-refractivity contribution in [2.45, 2.75) is 102 Å². The summed E-state index contributed by atoms with van der Waals surface area (Å²) in [6.45, 7) is 2.29. The van der Waals surface area contributed by atoms with Gasteiger partial charge in [-0.3, -0.25) is 0 Å². The molecular formula is C18H33ClO. The zero-order valence-corrected chi connectivity index (χ0v) is 14.0. The van der Waals surface area contributed by atoms with E-state index in [1.807, 2.05) is 0 Å². The molecule has 2 heteroatoms. The molecule has 0 aliphatic heterocycles. The number of rotatable bonds is 6. The lowest BCUT2D eigenvalue weighted by molar-refractivity contribution is 0.00751. The lowest BCUT2D eigenvalue weighted by Gasteiger charge is -2.47. The first kappa shape index (κ1) is 16.6. The second-order valence-electron chi connectivity index (χ2n) is 7.33. The number of aliphatic hydroxyl groups is 1. The third-order valence-corrected chi connectivity index (χ3v) is 6.49. The maximum Gasteiger partial charge on any atom is 0.0706 e. The predicted octanol–water partition coefficient (Wildman–Crippen LogP) is 5.68. The maximum atomic E-state index is 10.2. The predicted molar refractivity (Wildman–Crippen MR) is 87.3 cm³/mol. The lowest BCUT2D eigenvalue weighted by Crippen LogP contribution is -2.40. The largest absolute Gasteiger partial charge is 0.392 e. The van der Waals surface area contributed by atoms with Gasteiger partial charge in [-0.2, -0.15) is 0 Å². The van der Waals surface area contributed by atoms with Gasteiger partial charge in [0, 0.05) is 0 Å². The van der Waals surface area contributed by atoms with Crippen LogP contribution in [0.4, 0.5) is 0 Å². The van der Waals surface area contributed by atoms with E-state index in [-0.39, 0.29) is 11.5 Å². The summed E-state index contributed by atoms with van der Waals surface area (Å²) >= 11 is 6.21. The fourth-order valence-electron chi connectivity index (χ4n) is 4.69. The summed E-state index contributed by atoms with van der Waals surface area (Å²) < 4.78 is 0. The van der Waals surface area contributed by atoms with Crippen LogP contribution in [0.3, 0.4) is 0 Å². The zero-order valence-electron chi connectivity index (χ0n) is 13.2. The highest BCUT2D eigenvalue weighted by Crippen LogP contribution is 2.51. The number of unbranched alkanes of at least 4 members (excludes halogenated alkanes) is 3. The van der Waals surface area contributed by atoms with Gasteiger partial charge in [0.1, 0.15) is 0 Å². The summed E-state index contributed by atoms with van der Waals surface area (Å²) in [6.07, 6.45) is 16.9. The highest BCUT2D eigenvalue weighted by atomic mass is 35.5. The first-order chi connectivity index (χ1) is 9.68. The Morgan fingerprint density at radius 1 is 1.05 bits per heavy atom. The van der Waals surface area contributed by atoms with E-state index in [4.69, 9.17) is 11.6 Å². The summed E-state index contributed by atoms with van der Waals surface area (Å²) in [5.74, 6) is 0.731. The van der Waals surface area contributed by atoms with Crippen LogP contribution < -0.4 is 0 Å². The molecule has 1 N–H and O–H groups in total. The molecule has 0 aromatic carbocycles. The fourth-order valence-corrected chi connectivity index (χ4v) is 4.92. The first-order valence-electron chi connectivity index (χ1n) is 9.00. The number of hydrogen-bond donors (Lipinski definition) is 1. The van der Waals surface area contributed by atoms with Crippen LogP contribution in [0.1, 0.15) is 90.4 Å². The Morgan fingerprint density at radius 3 is 2.45 bits per heavy atom. The summed E-state index contributed by atoms with van der Waals surface area (Å²) in [4.78, 5) is 0. The van der Waals surface area contributed by atoms with E-state index in [0.717, 1.165) is 18.8 Å². The molecular weight excluding hydrogens is 268 g/mol. The van der Waals surface area contributed by atoms with Gasteiger partial charge in [-0.05, 0) is 49.9 Å². The number of hydrogen-bond acceptors (Lipinski definition) is 1. The van der Waals surface area contributed by atoms with Gasteiger partial charge in [-0.1, -0.05) is 51.9 Å². The van der Waals surface area contributed by atoms with Gasteiger partial charge in [-0.25, -0.2) is 0 Å². The van der Waals surface area contributed by atoms with Crippen molar-refractivity contribution in [3.8, 4) is 0 Å². The van der Waals surface area contributed by atoms with Crippen LogP contribution in [0.2, 0.25) is 0 Å². The van der Waals surface area contributed by atoms with Gasteiger partial charge in [0.05, 0.1) is 11.5 Å². The molecule has 0 amide bonds. The van der Waals surface area contributed by atoms with Gasteiger partial charge < -0.3 is 5.11 Å². The molecule has 0 spiro atoms. The van der Waals surface area contributed by atoms with E-state index in [2.05, 4.69) is 6.92 Å². The Kier molecular flexibility index (Phi) is 6.68. The van der Waals surface area contributed by atoms with E-state index in [9.17, 15) is 5.11 Å². The molecule has 0 aromatic heterocycles. The Balaban J connectivity index is 1.95. The average molecular weight is 301 g/mol. The van der Waals surface area contributed by atoms with Gasteiger partial charge >= 0.3 is 0 Å². The summed E-state index contributed by atoms with van der Waals surface area (Å²) in [5, 5.41) is 10.2. The second kappa shape index (κ2) is 8.03. The molecule has 0 heterocycles. The molecule has 0 saturated heterocycles. The van der Waals surface area contributed by atoms with Crippen LogP contribution in [-0.4, -0.2) is 16.6 Å². The fraction of sp³-hybridized carbons (Fsp3) is 1.00. The van der Waals surface area contributed by atoms with Crippen LogP contribution in [0.5, 0.6) is 0 Å². The van der Waals surface area contributed by atoms with Gasteiger partial charge in [0.15, 0.2) is 0 Å². The SMILES string of the molecule is CCCCCCC1(C2CCC(Cl)C(O)C2)CCCCC1. The van der Waals surface area contributed by atoms with Crippen molar-refractivity contribution >= 4 is 11.6 Å². The van der Waals surface area contributed by atoms with E-state index < -0.39 is 0 Å².